The van der Waals surface area contributed by atoms with Gasteiger partial charge in [-0.1, -0.05) is 47.5 Å². The molecule has 5 rings (SSSR count). The molecule has 0 radical (unpaired) electrons. The smallest absolute Gasteiger partial charge is 0.323 e. The van der Waals surface area contributed by atoms with Crippen LogP contribution in [0.25, 0.3) is 11.3 Å². The molecule has 7 N–H and O–H groups in total. The van der Waals surface area contributed by atoms with Gasteiger partial charge in [0.05, 0.1) is 11.9 Å². The van der Waals surface area contributed by atoms with Crippen LogP contribution in [0.5, 0.6) is 0 Å². The van der Waals surface area contributed by atoms with E-state index in [0.29, 0.717) is 40.5 Å². The van der Waals surface area contributed by atoms with Crippen LogP contribution in [0.2, 0.25) is 10.0 Å². The molecule has 0 bridgehead atoms. The fraction of sp³-hybridized carbons (Fsp3) is 0.387. The second kappa shape index (κ2) is 18.7. The highest BCUT2D eigenvalue weighted by Gasteiger charge is 2.30. The average molecular weight is 662 g/mol. The molecule has 2 atom stereocenters. The minimum atomic E-state index is -0.250. The van der Waals surface area contributed by atoms with Crippen LogP contribution in [0.3, 0.4) is 0 Å². The molecular formula is C31H38Cl2N6O6. The zero-order valence-corrected chi connectivity index (χ0v) is 26.1. The average Bonchev–Trinajstić information content (AvgIpc) is 3.55. The van der Waals surface area contributed by atoms with Gasteiger partial charge in [0, 0.05) is 40.3 Å². The molecule has 1 saturated carbocycles. The van der Waals surface area contributed by atoms with Crippen LogP contribution in [0.1, 0.15) is 49.7 Å². The summed E-state index contributed by atoms with van der Waals surface area (Å²) in [6, 6.07) is 13.5. The van der Waals surface area contributed by atoms with Gasteiger partial charge in [0.1, 0.15) is 12.1 Å². The summed E-state index contributed by atoms with van der Waals surface area (Å²) < 4.78 is 5.73. The minimum Gasteiger partial charge on any atom is -0.483 e. The van der Waals surface area contributed by atoms with Crippen LogP contribution in [0.15, 0.2) is 48.7 Å². The summed E-state index contributed by atoms with van der Waals surface area (Å²) >= 11 is 12.6. The number of nitrogens with two attached hydrogens (primary N) is 1. The van der Waals surface area contributed by atoms with Gasteiger partial charge in [-0.3, -0.25) is 14.4 Å². The number of esters is 1. The number of halogens is 2. The van der Waals surface area contributed by atoms with E-state index >= 15 is 0 Å². The summed E-state index contributed by atoms with van der Waals surface area (Å²) in [6.07, 6.45) is 7.72. The lowest BCUT2D eigenvalue weighted by Crippen LogP contribution is -2.50. The third-order valence-electron chi connectivity index (χ3n) is 7.39. The largest absolute Gasteiger partial charge is 0.483 e. The van der Waals surface area contributed by atoms with E-state index in [4.69, 9.17) is 58.5 Å². The Labute approximate surface area is 271 Å². The highest BCUT2D eigenvalue weighted by atomic mass is 35.5. The summed E-state index contributed by atoms with van der Waals surface area (Å²) in [7, 11) is 0. The number of nitrogens with zero attached hydrogens (tertiary/aromatic N) is 2. The van der Waals surface area contributed by atoms with Crippen molar-refractivity contribution in [1.82, 2.24) is 20.6 Å². The number of nitrogens with one attached hydrogen (secondary N) is 3. The van der Waals surface area contributed by atoms with Crippen LogP contribution in [-0.4, -0.2) is 63.8 Å². The summed E-state index contributed by atoms with van der Waals surface area (Å²) in [4.78, 5) is 38.4. The number of carbonyl (C=O) groups excluding carboxylic acids is 1. The van der Waals surface area contributed by atoms with Crippen LogP contribution in [-0.2, 0) is 32.2 Å². The number of benzene rings is 2. The Kier molecular flexibility index (Phi) is 14.8. The standard InChI is InChI=1S/C29H34Cl2N6O2.2CH2O2/c30-23-9-4-10-24(31)22(23)16-36-28-27(32)35-17-26(37-28)19-6-3-5-18(13-19)15-34-20-11-12-33-25(14-20)29(38)39-21-7-1-2-8-21;2*2-1-3/h3-6,9-10,13,17,20-21,25,33-34H,1-2,7-8,11-12,14-16H2,(H2,32,35)(H,36,37);2*1H,(H,2,3)/t20?,25-;;/m0../s1. The van der Waals surface area contributed by atoms with E-state index in [1.807, 2.05) is 12.1 Å². The van der Waals surface area contributed by atoms with Crippen LogP contribution in [0.4, 0.5) is 11.6 Å². The number of piperidine rings is 1. The Balaban J connectivity index is 0.000000853. The predicted molar refractivity (Wildman–Crippen MR) is 173 cm³/mol. The number of hydrogen-bond donors (Lipinski definition) is 6. The third kappa shape index (κ3) is 11.2. The zero-order chi connectivity index (χ0) is 32.6. The minimum absolute atomic E-state index is 0.0940. The molecule has 14 heteroatoms. The Morgan fingerprint density at radius 2 is 1.71 bits per heavy atom. The Hall–Kier alpha value is -3.97. The molecule has 1 saturated heterocycles. The van der Waals surface area contributed by atoms with Crippen molar-refractivity contribution < 1.29 is 29.3 Å². The van der Waals surface area contributed by atoms with Crippen molar-refractivity contribution >= 4 is 53.8 Å². The second-order valence-corrected chi connectivity index (χ2v) is 11.2. The first-order chi connectivity index (χ1) is 21.8. The number of rotatable bonds is 9. The summed E-state index contributed by atoms with van der Waals surface area (Å²) in [5.74, 6) is 0.655. The molecule has 3 aromatic rings. The summed E-state index contributed by atoms with van der Waals surface area (Å²) in [5.41, 5.74) is 9.62. The lowest BCUT2D eigenvalue weighted by molar-refractivity contribution is -0.152. The number of hydrogen-bond acceptors (Lipinski definition) is 10. The van der Waals surface area contributed by atoms with Crippen molar-refractivity contribution in [3.05, 3.63) is 69.8 Å². The number of carbonyl (C=O) groups is 3. The van der Waals surface area contributed by atoms with E-state index in [-0.39, 0.29) is 37.1 Å². The van der Waals surface area contributed by atoms with Gasteiger partial charge < -0.3 is 36.6 Å². The number of carboxylic acid groups (broad SMARTS) is 2. The zero-order valence-electron chi connectivity index (χ0n) is 24.6. The predicted octanol–water partition coefficient (Wildman–Crippen LogP) is 4.74. The van der Waals surface area contributed by atoms with Gasteiger partial charge in [-0.25, -0.2) is 9.97 Å². The first kappa shape index (κ1) is 35.5. The molecular weight excluding hydrogens is 623 g/mol. The molecule has 2 aliphatic rings. The van der Waals surface area contributed by atoms with Gasteiger partial charge in [0.2, 0.25) is 0 Å². The molecule has 2 heterocycles. The lowest BCUT2D eigenvalue weighted by Gasteiger charge is -2.30. The highest BCUT2D eigenvalue weighted by molar-refractivity contribution is 6.36. The molecule has 0 amide bonds. The molecule has 45 heavy (non-hydrogen) atoms. The number of aromatic nitrogens is 2. The van der Waals surface area contributed by atoms with E-state index in [1.165, 1.54) is 0 Å². The maximum absolute atomic E-state index is 12.6. The van der Waals surface area contributed by atoms with E-state index in [9.17, 15) is 4.79 Å². The second-order valence-electron chi connectivity index (χ2n) is 10.4. The topological polar surface area (TPSA) is 189 Å². The quantitative estimate of drug-likeness (QED) is 0.137. The van der Waals surface area contributed by atoms with Crippen molar-refractivity contribution in [3.8, 4) is 11.3 Å². The number of anilines is 2. The fourth-order valence-electron chi connectivity index (χ4n) is 5.18. The van der Waals surface area contributed by atoms with Gasteiger partial charge in [0.25, 0.3) is 12.9 Å². The van der Waals surface area contributed by atoms with Crippen molar-refractivity contribution in [3.63, 3.8) is 0 Å². The third-order valence-corrected chi connectivity index (χ3v) is 8.09. The van der Waals surface area contributed by atoms with Crippen molar-refractivity contribution in [2.45, 2.75) is 69.8 Å². The molecule has 1 aromatic heterocycles. The Morgan fingerprint density at radius 3 is 2.40 bits per heavy atom. The van der Waals surface area contributed by atoms with E-state index in [2.05, 4.69) is 33.1 Å². The molecule has 1 aliphatic carbocycles. The summed E-state index contributed by atoms with van der Waals surface area (Å²) in [5, 5.41) is 25.1. The first-order valence-corrected chi connectivity index (χ1v) is 15.3. The number of ether oxygens (including phenoxy) is 1. The molecule has 1 aliphatic heterocycles. The molecule has 0 spiro atoms. The van der Waals surface area contributed by atoms with Gasteiger partial charge in [-0.05, 0) is 68.8 Å². The van der Waals surface area contributed by atoms with Crippen LogP contribution in [0, 0.1) is 0 Å². The Morgan fingerprint density at radius 1 is 1.04 bits per heavy atom. The molecule has 2 aromatic carbocycles. The normalized spacial score (nSPS) is 17.6. The lowest BCUT2D eigenvalue weighted by atomic mass is 9.99. The molecule has 12 nitrogen and oxygen atoms in total. The highest BCUT2D eigenvalue weighted by Crippen LogP contribution is 2.27. The molecule has 242 valence electrons. The van der Waals surface area contributed by atoms with Gasteiger partial charge in [0.15, 0.2) is 11.6 Å². The van der Waals surface area contributed by atoms with E-state index in [0.717, 1.165) is 61.8 Å². The van der Waals surface area contributed by atoms with Gasteiger partial charge in [-0.15, -0.1) is 0 Å². The monoisotopic (exact) mass is 660 g/mol. The Bertz CT molecular complexity index is 1380. The first-order valence-electron chi connectivity index (χ1n) is 14.5. The fourth-order valence-corrected chi connectivity index (χ4v) is 5.71. The molecule has 1 unspecified atom stereocenters. The van der Waals surface area contributed by atoms with E-state index < -0.39 is 0 Å². The molecule has 2 fully saturated rings. The maximum atomic E-state index is 12.6. The van der Waals surface area contributed by atoms with E-state index in [1.54, 1.807) is 24.4 Å². The van der Waals surface area contributed by atoms with Crippen LogP contribution >= 0.6 is 23.2 Å². The van der Waals surface area contributed by atoms with Crippen molar-refractivity contribution in [1.29, 1.82) is 0 Å². The van der Waals surface area contributed by atoms with Crippen molar-refractivity contribution in [2.24, 2.45) is 0 Å². The van der Waals surface area contributed by atoms with Crippen LogP contribution < -0.4 is 21.7 Å². The van der Waals surface area contributed by atoms with Crippen molar-refractivity contribution in [2.75, 3.05) is 17.6 Å². The maximum Gasteiger partial charge on any atom is 0.323 e. The number of nitrogen functional groups attached to an aromatic ring is 1. The SMILES string of the molecule is Nc1ncc(-c2cccc(CNC3CCN[C@H](C(=O)OC4CCCC4)C3)c2)nc1NCc1c(Cl)cccc1Cl.O=CO.O=CO. The van der Waals surface area contributed by atoms with Gasteiger partial charge >= 0.3 is 5.97 Å². The van der Waals surface area contributed by atoms with Gasteiger partial charge in [-0.2, -0.15) is 0 Å². The summed E-state index contributed by atoms with van der Waals surface area (Å²) in [6.45, 7) is 1.34.